The lowest BCUT2D eigenvalue weighted by Gasteiger charge is -2.14. The smallest absolute Gasteiger partial charge is 0.269 e. The van der Waals surface area contributed by atoms with Crippen molar-refractivity contribution in [2.45, 2.75) is 38.1 Å². The van der Waals surface area contributed by atoms with E-state index in [9.17, 15) is 13.2 Å². The highest BCUT2D eigenvalue weighted by Gasteiger charge is 2.35. The third-order valence-electron chi connectivity index (χ3n) is 5.56. The standard InChI is InChI=1S/C20H25N3O4S/c1-27-16-7-5-14(6-8-16)9-11-21-20(24)19-17-3-2-4-18(17)22-23(19)15-10-12-28(25,26)13-15/h5-8,15H,2-4,9-13H2,1H3,(H,21,24). The van der Waals surface area contributed by atoms with Crippen LogP contribution in [0.25, 0.3) is 0 Å². The Labute approximate surface area is 165 Å². The van der Waals surface area contributed by atoms with Crippen molar-refractivity contribution in [1.82, 2.24) is 15.1 Å². The van der Waals surface area contributed by atoms with E-state index in [1.54, 1.807) is 11.8 Å². The van der Waals surface area contributed by atoms with Gasteiger partial charge in [0.2, 0.25) is 0 Å². The molecular weight excluding hydrogens is 378 g/mol. The minimum Gasteiger partial charge on any atom is -0.497 e. The molecule has 8 heteroatoms. The van der Waals surface area contributed by atoms with Crippen LogP contribution in [-0.4, -0.2) is 49.3 Å². The zero-order chi connectivity index (χ0) is 19.7. The Bertz CT molecular complexity index is 980. The highest BCUT2D eigenvalue weighted by Crippen LogP contribution is 2.31. The minimum atomic E-state index is -3.04. The molecular formula is C20H25N3O4S. The van der Waals surface area contributed by atoms with Gasteiger partial charge in [-0.25, -0.2) is 8.42 Å². The lowest BCUT2D eigenvalue weighted by molar-refractivity contribution is 0.0940. The number of hydrogen-bond donors (Lipinski definition) is 1. The van der Waals surface area contributed by atoms with Crippen LogP contribution in [0.5, 0.6) is 5.75 Å². The molecule has 7 nitrogen and oxygen atoms in total. The molecule has 28 heavy (non-hydrogen) atoms. The first kappa shape index (κ1) is 19.0. The number of fused-ring (bicyclic) bond motifs is 1. The fourth-order valence-electron chi connectivity index (χ4n) is 4.08. The summed E-state index contributed by atoms with van der Waals surface area (Å²) in [5.41, 5.74) is 3.61. The summed E-state index contributed by atoms with van der Waals surface area (Å²) in [7, 11) is -1.41. The first-order valence-corrected chi connectivity index (χ1v) is 11.5. The fourth-order valence-corrected chi connectivity index (χ4v) is 5.77. The van der Waals surface area contributed by atoms with E-state index in [0.29, 0.717) is 25.1 Å². The molecule has 1 aromatic carbocycles. The number of amides is 1. The van der Waals surface area contributed by atoms with Crippen LogP contribution in [0.2, 0.25) is 0 Å². The SMILES string of the molecule is COc1ccc(CCNC(=O)c2c3c(nn2C2CCS(=O)(=O)C2)CCC3)cc1. The van der Waals surface area contributed by atoms with Gasteiger partial charge in [0.05, 0.1) is 30.4 Å². The predicted molar refractivity (Wildman–Crippen MR) is 106 cm³/mol. The van der Waals surface area contributed by atoms with Gasteiger partial charge >= 0.3 is 0 Å². The summed E-state index contributed by atoms with van der Waals surface area (Å²) in [4.78, 5) is 13.0. The molecule has 1 aliphatic heterocycles. The minimum absolute atomic E-state index is 0.0691. The van der Waals surface area contributed by atoms with Crippen LogP contribution in [0.15, 0.2) is 24.3 Å². The van der Waals surface area contributed by atoms with E-state index >= 15 is 0 Å². The average molecular weight is 404 g/mol. The van der Waals surface area contributed by atoms with Gasteiger partial charge in [-0.3, -0.25) is 9.48 Å². The Hall–Kier alpha value is -2.35. The topological polar surface area (TPSA) is 90.3 Å². The maximum absolute atomic E-state index is 13.0. The first-order chi connectivity index (χ1) is 13.5. The molecule has 2 aliphatic rings. The zero-order valence-corrected chi connectivity index (χ0v) is 16.8. The van der Waals surface area contributed by atoms with Crippen LogP contribution in [-0.2, 0) is 29.1 Å². The van der Waals surface area contributed by atoms with Crippen molar-refractivity contribution in [2.24, 2.45) is 0 Å². The third-order valence-corrected chi connectivity index (χ3v) is 7.31. The van der Waals surface area contributed by atoms with E-state index in [-0.39, 0.29) is 23.5 Å². The number of ether oxygens (including phenoxy) is 1. The quantitative estimate of drug-likeness (QED) is 0.793. The number of hydrogen-bond acceptors (Lipinski definition) is 5. The van der Waals surface area contributed by atoms with Crippen LogP contribution in [0.4, 0.5) is 0 Å². The highest BCUT2D eigenvalue weighted by molar-refractivity contribution is 7.91. The van der Waals surface area contributed by atoms with E-state index < -0.39 is 9.84 Å². The van der Waals surface area contributed by atoms with E-state index in [1.807, 2.05) is 24.3 Å². The number of nitrogens with one attached hydrogen (secondary N) is 1. The molecule has 1 N–H and O–H groups in total. The molecule has 1 amide bonds. The van der Waals surface area contributed by atoms with Crippen molar-refractivity contribution in [3.05, 3.63) is 46.8 Å². The van der Waals surface area contributed by atoms with Gasteiger partial charge in [-0.2, -0.15) is 5.10 Å². The molecule has 1 aliphatic carbocycles. The molecule has 0 bridgehead atoms. The molecule has 1 saturated heterocycles. The van der Waals surface area contributed by atoms with Crippen molar-refractivity contribution in [3.63, 3.8) is 0 Å². The van der Waals surface area contributed by atoms with Crippen molar-refractivity contribution in [3.8, 4) is 5.75 Å². The molecule has 0 saturated carbocycles. The Morgan fingerprint density at radius 3 is 2.75 bits per heavy atom. The van der Waals surface area contributed by atoms with Crippen molar-refractivity contribution in [1.29, 1.82) is 0 Å². The first-order valence-electron chi connectivity index (χ1n) is 9.68. The van der Waals surface area contributed by atoms with Crippen LogP contribution >= 0.6 is 0 Å². The van der Waals surface area contributed by atoms with E-state index in [1.165, 1.54) is 0 Å². The summed E-state index contributed by atoms with van der Waals surface area (Å²) < 4.78 is 30.6. The average Bonchev–Trinajstić information content (AvgIpc) is 3.35. The second-order valence-corrected chi connectivity index (χ2v) is 9.71. The Morgan fingerprint density at radius 1 is 1.29 bits per heavy atom. The molecule has 1 atom stereocenters. The Morgan fingerprint density at radius 2 is 2.07 bits per heavy atom. The van der Waals surface area contributed by atoms with Crippen molar-refractivity contribution >= 4 is 15.7 Å². The number of aryl methyl sites for hydroxylation is 1. The Balaban J connectivity index is 1.47. The molecule has 4 rings (SSSR count). The normalized spacial score (nSPS) is 20.1. The number of nitrogens with zero attached hydrogens (tertiary/aromatic N) is 2. The summed E-state index contributed by atoms with van der Waals surface area (Å²) in [6, 6.07) is 7.53. The molecule has 1 fully saturated rings. The summed E-state index contributed by atoms with van der Waals surface area (Å²) in [6.45, 7) is 0.508. The largest absolute Gasteiger partial charge is 0.497 e. The van der Waals surface area contributed by atoms with Gasteiger partial charge in [0, 0.05) is 12.1 Å². The summed E-state index contributed by atoms with van der Waals surface area (Å²) >= 11 is 0. The Kier molecular flexibility index (Phi) is 5.14. The fraction of sp³-hybridized carbons (Fsp3) is 0.500. The second-order valence-electron chi connectivity index (χ2n) is 7.48. The number of aromatic nitrogens is 2. The predicted octanol–water partition coefficient (Wildman–Crippen LogP) is 1.71. The molecule has 2 heterocycles. The number of benzene rings is 1. The van der Waals surface area contributed by atoms with Gasteiger partial charge < -0.3 is 10.1 Å². The highest BCUT2D eigenvalue weighted by atomic mass is 32.2. The maximum Gasteiger partial charge on any atom is 0.269 e. The van der Waals surface area contributed by atoms with Gasteiger partial charge in [-0.05, 0) is 49.8 Å². The number of rotatable bonds is 6. The lowest BCUT2D eigenvalue weighted by atomic mass is 10.1. The third kappa shape index (κ3) is 3.78. The van der Waals surface area contributed by atoms with Gasteiger partial charge in [-0.1, -0.05) is 12.1 Å². The van der Waals surface area contributed by atoms with Gasteiger partial charge in [0.15, 0.2) is 9.84 Å². The van der Waals surface area contributed by atoms with Crippen LogP contribution in [0.1, 0.15) is 46.2 Å². The van der Waals surface area contributed by atoms with Gasteiger partial charge in [0.1, 0.15) is 11.4 Å². The molecule has 1 aromatic heterocycles. The number of sulfone groups is 1. The molecule has 0 spiro atoms. The second kappa shape index (κ2) is 7.58. The summed E-state index contributed by atoms with van der Waals surface area (Å²) in [5, 5.41) is 7.62. The van der Waals surface area contributed by atoms with Gasteiger partial charge in [-0.15, -0.1) is 0 Å². The van der Waals surface area contributed by atoms with E-state index in [4.69, 9.17) is 4.74 Å². The monoisotopic (exact) mass is 403 g/mol. The maximum atomic E-state index is 13.0. The van der Waals surface area contributed by atoms with Crippen LogP contribution in [0, 0.1) is 0 Å². The van der Waals surface area contributed by atoms with E-state index in [2.05, 4.69) is 10.4 Å². The molecule has 150 valence electrons. The van der Waals surface area contributed by atoms with Crippen LogP contribution in [0.3, 0.4) is 0 Å². The summed E-state index contributed by atoms with van der Waals surface area (Å²) in [6.07, 6.45) is 3.91. The lowest BCUT2D eigenvalue weighted by Crippen LogP contribution is -2.30. The molecule has 2 aromatic rings. The number of methoxy groups -OCH3 is 1. The van der Waals surface area contributed by atoms with E-state index in [0.717, 1.165) is 41.8 Å². The summed E-state index contributed by atoms with van der Waals surface area (Å²) in [5.74, 6) is 0.882. The molecule has 0 radical (unpaired) electrons. The van der Waals surface area contributed by atoms with Gasteiger partial charge in [0.25, 0.3) is 5.91 Å². The van der Waals surface area contributed by atoms with Crippen molar-refractivity contribution in [2.75, 3.05) is 25.2 Å². The van der Waals surface area contributed by atoms with Crippen LogP contribution < -0.4 is 10.1 Å². The van der Waals surface area contributed by atoms with Crippen molar-refractivity contribution < 1.29 is 17.9 Å². The number of carbonyl (C=O) groups excluding carboxylic acids is 1. The number of carbonyl (C=O) groups is 1. The molecule has 1 unspecified atom stereocenters. The zero-order valence-electron chi connectivity index (χ0n) is 16.0.